The van der Waals surface area contributed by atoms with Gasteiger partial charge in [0.1, 0.15) is 18.1 Å². The fourth-order valence-corrected chi connectivity index (χ4v) is 3.49. The zero-order valence-electron chi connectivity index (χ0n) is 17.1. The van der Waals surface area contributed by atoms with Crippen LogP contribution in [0.1, 0.15) is 25.0 Å². The first-order valence-electron chi connectivity index (χ1n) is 9.83. The average Bonchev–Trinajstić information content (AvgIpc) is 3.43. The van der Waals surface area contributed by atoms with Crippen molar-refractivity contribution in [3.63, 3.8) is 0 Å². The van der Waals surface area contributed by atoms with Crippen molar-refractivity contribution in [2.45, 2.75) is 49.9 Å². The molecule has 176 valence electrons. The second kappa shape index (κ2) is 11.5. The van der Waals surface area contributed by atoms with Gasteiger partial charge in [0.05, 0.1) is 18.8 Å². The Kier molecular flexibility index (Phi) is 9.02. The Morgan fingerprint density at radius 2 is 1.97 bits per heavy atom. The number of carbonyl (C=O) groups is 5. The first-order valence-corrected chi connectivity index (χ1v) is 10.5. The Morgan fingerprint density at radius 1 is 1.25 bits per heavy atom. The third kappa shape index (κ3) is 6.68. The summed E-state index contributed by atoms with van der Waals surface area (Å²) in [6.45, 7) is 0.153. The van der Waals surface area contributed by atoms with Gasteiger partial charge < -0.3 is 36.5 Å². The number of aliphatic carboxylic acids is 2. The van der Waals surface area contributed by atoms with Gasteiger partial charge in [-0.2, -0.15) is 12.6 Å². The fourth-order valence-electron chi connectivity index (χ4n) is 3.32. The molecule has 14 heteroatoms. The first-order chi connectivity index (χ1) is 15.1. The molecule has 4 atom stereocenters. The minimum Gasteiger partial charge on any atom is -0.481 e. The van der Waals surface area contributed by atoms with Gasteiger partial charge in [0.2, 0.25) is 17.7 Å². The van der Waals surface area contributed by atoms with Crippen LogP contribution in [-0.4, -0.2) is 91.2 Å². The number of amides is 3. The van der Waals surface area contributed by atoms with Gasteiger partial charge in [0, 0.05) is 30.6 Å². The normalized spacial score (nSPS) is 18.4. The standard InChI is InChI=1S/C18H26N6O7S/c19-10(7-32)15(27)22-11(5-14(25)26)17(29)24-3-1-2-13(24)16(28)23-12(18(30)31)4-9-6-20-8-21-9/h6,8,10-13,32H,1-5,7,19H2,(H,20,21)(H,22,27)(H,23,28)(H,25,26)(H,30,31). The van der Waals surface area contributed by atoms with E-state index in [0.717, 1.165) is 4.90 Å². The van der Waals surface area contributed by atoms with Crippen molar-refractivity contribution in [1.82, 2.24) is 25.5 Å². The molecule has 1 fully saturated rings. The van der Waals surface area contributed by atoms with Crippen LogP contribution < -0.4 is 16.4 Å². The molecule has 0 saturated carbocycles. The molecule has 1 aromatic rings. The van der Waals surface area contributed by atoms with Gasteiger partial charge in [-0.15, -0.1) is 0 Å². The lowest BCUT2D eigenvalue weighted by molar-refractivity contribution is -0.147. The average molecular weight is 471 g/mol. The summed E-state index contributed by atoms with van der Waals surface area (Å²) >= 11 is 3.90. The lowest BCUT2D eigenvalue weighted by Gasteiger charge is -2.29. The summed E-state index contributed by atoms with van der Waals surface area (Å²) in [5, 5.41) is 23.3. The van der Waals surface area contributed by atoms with E-state index in [-0.39, 0.29) is 25.1 Å². The smallest absolute Gasteiger partial charge is 0.326 e. The zero-order chi connectivity index (χ0) is 23.8. The molecule has 1 saturated heterocycles. The number of nitrogens with two attached hydrogens (primary N) is 1. The van der Waals surface area contributed by atoms with Crippen molar-refractivity contribution < 1.29 is 34.2 Å². The van der Waals surface area contributed by atoms with E-state index in [1.165, 1.54) is 12.5 Å². The molecular weight excluding hydrogens is 444 g/mol. The van der Waals surface area contributed by atoms with Crippen molar-refractivity contribution in [2.75, 3.05) is 12.3 Å². The quantitative estimate of drug-likeness (QED) is 0.174. The van der Waals surface area contributed by atoms with Crippen LogP contribution in [0.5, 0.6) is 0 Å². The molecular formula is C18H26N6O7S. The number of hydrogen-bond donors (Lipinski definition) is 7. The highest BCUT2D eigenvalue weighted by molar-refractivity contribution is 7.80. The number of carboxylic acid groups (broad SMARTS) is 2. The molecule has 0 aliphatic carbocycles. The number of nitrogens with one attached hydrogen (secondary N) is 3. The molecule has 32 heavy (non-hydrogen) atoms. The number of hydrogen-bond acceptors (Lipinski definition) is 8. The van der Waals surface area contributed by atoms with Gasteiger partial charge >= 0.3 is 11.9 Å². The van der Waals surface area contributed by atoms with Gasteiger partial charge in [-0.3, -0.25) is 19.2 Å². The van der Waals surface area contributed by atoms with E-state index in [1.807, 2.05) is 0 Å². The van der Waals surface area contributed by atoms with Crippen LogP contribution >= 0.6 is 12.6 Å². The Balaban J connectivity index is 2.12. The van der Waals surface area contributed by atoms with Crippen LogP contribution in [-0.2, 0) is 30.4 Å². The summed E-state index contributed by atoms with van der Waals surface area (Å²) in [5.41, 5.74) is 6.08. The zero-order valence-corrected chi connectivity index (χ0v) is 18.0. The van der Waals surface area contributed by atoms with Gasteiger partial charge in [0.25, 0.3) is 0 Å². The molecule has 0 aromatic carbocycles. The Bertz CT molecular complexity index is 849. The number of H-pyrrole nitrogens is 1. The summed E-state index contributed by atoms with van der Waals surface area (Å²) in [5.74, 6) is -4.79. The number of likely N-dealkylation sites (tertiary alicyclic amines) is 1. The molecule has 2 heterocycles. The van der Waals surface area contributed by atoms with Crippen LogP contribution in [0.2, 0.25) is 0 Å². The molecule has 13 nitrogen and oxygen atoms in total. The SMILES string of the molecule is NC(CS)C(=O)NC(CC(=O)O)C(=O)N1CCCC1C(=O)NC(Cc1cnc[nH]1)C(=O)O. The van der Waals surface area contributed by atoms with Crippen molar-refractivity contribution in [2.24, 2.45) is 5.73 Å². The Morgan fingerprint density at radius 3 is 2.53 bits per heavy atom. The lowest BCUT2D eigenvalue weighted by Crippen LogP contribution is -2.57. The van der Waals surface area contributed by atoms with Gasteiger partial charge in [0.15, 0.2) is 0 Å². The van der Waals surface area contributed by atoms with Crippen LogP contribution in [0.25, 0.3) is 0 Å². The van der Waals surface area contributed by atoms with Gasteiger partial charge in [-0.05, 0) is 12.8 Å². The molecule has 1 aliphatic heterocycles. The van der Waals surface area contributed by atoms with E-state index in [0.29, 0.717) is 12.1 Å². The van der Waals surface area contributed by atoms with Crippen molar-refractivity contribution in [1.29, 1.82) is 0 Å². The molecule has 0 spiro atoms. The number of thiol groups is 1. The summed E-state index contributed by atoms with van der Waals surface area (Å²) < 4.78 is 0. The number of imidazole rings is 1. The monoisotopic (exact) mass is 470 g/mol. The second-order valence-corrected chi connectivity index (χ2v) is 7.68. The highest BCUT2D eigenvalue weighted by atomic mass is 32.1. The molecule has 1 aliphatic rings. The molecule has 2 rings (SSSR count). The lowest BCUT2D eigenvalue weighted by atomic mass is 10.1. The van der Waals surface area contributed by atoms with E-state index in [4.69, 9.17) is 10.8 Å². The summed E-state index contributed by atoms with van der Waals surface area (Å²) in [4.78, 5) is 68.4. The van der Waals surface area contributed by atoms with Crippen molar-refractivity contribution in [3.05, 3.63) is 18.2 Å². The van der Waals surface area contributed by atoms with Crippen LogP contribution in [0.3, 0.4) is 0 Å². The summed E-state index contributed by atoms with van der Waals surface area (Å²) in [6.07, 6.45) is 2.78. The van der Waals surface area contributed by atoms with E-state index in [1.54, 1.807) is 0 Å². The maximum absolute atomic E-state index is 13.0. The number of aromatic amines is 1. The van der Waals surface area contributed by atoms with Crippen LogP contribution in [0.4, 0.5) is 0 Å². The topological polar surface area (TPSA) is 208 Å². The van der Waals surface area contributed by atoms with E-state index >= 15 is 0 Å². The van der Waals surface area contributed by atoms with Crippen LogP contribution in [0.15, 0.2) is 12.5 Å². The van der Waals surface area contributed by atoms with Gasteiger partial charge in [-0.25, -0.2) is 9.78 Å². The Labute approximate surface area is 188 Å². The highest BCUT2D eigenvalue weighted by Gasteiger charge is 2.39. The maximum Gasteiger partial charge on any atom is 0.326 e. The number of carbonyl (C=O) groups excluding carboxylic acids is 3. The number of rotatable bonds is 11. The van der Waals surface area contributed by atoms with E-state index < -0.39 is 60.2 Å². The predicted molar refractivity (Wildman–Crippen MR) is 113 cm³/mol. The summed E-state index contributed by atoms with van der Waals surface area (Å²) in [7, 11) is 0. The minimum absolute atomic E-state index is 0.0124. The molecule has 4 unspecified atom stereocenters. The third-order valence-corrected chi connectivity index (χ3v) is 5.35. The highest BCUT2D eigenvalue weighted by Crippen LogP contribution is 2.20. The van der Waals surface area contributed by atoms with E-state index in [9.17, 15) is 29.1 Å². The van der Waals surface area contributed by atoms with Crippen molar-refractivity contribution in [3.8, 4) is 0 Å². The molecule has 0 radical (unpaired) electrons. The number of aromatic nitrogens is 2. The predicted octanol–water partition coefficient (Wildman–Crippen LogP) is -2.27. The second-order valence-electron chi connectivity index (χ2n) is 7.32. The molecule has 3 amide bonds. The van der Waals surface area contributed by atoms with Crippen molar-refractivity contribution >= 4 is 42.3 Å². The number of carboxylic acids is 2. The number of nitrogens with zero attached hydrogens (tertiary/aromatic N) is 2. The third-order valence-electron chi connectivity index (χ3n) is 4.96. The fraction of sp³-hybridized carbons (Fsp3) is 0.556. The largest absolute Gasteiger partial charge is 0.481 e. The summed E-state index contributed by atoms with van der Waals surface area (Å²) in [6, 6.07) is -4.74. The maximum atomic E-state index is 13.0. The van der Waals surface area contributed by atoms with E-state index in [2.05, 4.69) is 33.2 Å². The molecule has 1 aromatic heterocycles. The minimum atomic E-state index is -1.43. The molecule has 0 bridgehead atoms. The van der Waals surface area contributed by atoms with Gasteiger partial charge in [-0.1, -0.05) is 0 Å². The van der Waals surface area contributed by atoms with Crippen LogP contribution in [0, 0.1) is 0 Å². The first kappa shape index (κ1) is 25.1. The Hall–Kier alpha value is -3.13. The molecule has 7 N–H and O–H groups in total.